The first-order valence-corrected chi connectivity index (χ1v) is 5.59. The molecule has 0 bridgehead atoms. The van der Waals surface area contributed by atoms with Gasteiger partial charge in [0, 0.05) is 0 Å². The average molecular weight is 190 g/mol. The highest BCUT2D eigenvalue weighted by Gasteiger charge is 2.26. The molecule has 2 rings (SSSR count). The fourth-order valence-corrected chi connectivity index (χ4v) is 2.28. The summed E-state index contributed by atoms with van der Waals surface area (Å²) in [6, 6.07) is 8.42. The highest BCUT2D eigenvalue weighted by atomic mass is 16.5. The molecule has 0 unspecified atom stereocenters. The van der Waals surface area contributed by atoms with E-state index in [4.69, 9.17) is 4.74 Å². The number of rotatable bonds is 2. The molecule has 1 aliphatic heterocycles. The Kier molecular flexibility index (Phi) is 2.76. The first-order valence-electron chi connectivity index (χ1n) is 5.59. The van der Waals surface area contributed by atoms with Crippen LogP contribution in [-0.2, 0) is 6.42 Å². The van der Waals surface area contributed by atoms with E-state index in [2.05, 4.69) is 38.1 Å². The number of hydrogen-bond donors (Lipinski definition) is 0. The molecule has 76 valence electrons. The lowest BCUT2D eigenvalue weighted by molar-refractivity contribution is 0.106. The van der Waals surface area contributed by atoms with E-state index in [0.717, 1.165) is 12.2 Å². The Morgan fingerprint density at radius 2 is 2.00 bits per heavy atom. The zero-order valence-corrected chi connectivity index (χ0v) is 8.99. The van der Waals surface area contributed by atoms with E-state index in [1.165, 1.54) is 18.4 Å². The molecular weight excluding hydrogens is 172 g/mol. The Hall–Kier alpha value is -0.980. The van der Waals surface area contributed by atoms with Crippen LogP contribution in [0.15, 0.2) is 24.3 Å². The molecule has 1 aromatic carbocycles. The van der Waals surface area contributed by atoms with Gasteiger partial charge in [-0.15, -0.1) is 0 Å². The van der Waals surface area contributed by atoms with Crippen molar-refractivity contribution in [2.75, 3.05) is 0 Å². The second-order valence-electron chi connectivity index (χ2n) is 4.04. The van der Waals surface area contributed by atoms with Crippen LogP contribution in [0.1, 0.15) is 32.3 Å². The lowest BCUT2D eigenvalue weighted by Crippen LogP contribution is -2.31. The van der Waals surface area contributed by atoms with Gasteiger partial charge < -0.3 is 4.74 Å². The van der Waals surface area contributed by atoms with E-state index < -0.39 is 0 Å². The van der Waals surface area contributed by atoms with Gasteiger partial charge in [0.15, 0.2) is 0 Å². The lowest BCUT2D eigenvalue weighted by Gasteiger charge is -2.32. The summed E-state index contributed by atoms with van der Waals surface area (Å²) in [4.78, 5) is 0. The molecular formula is C13H18O. The molecule has 0 saturated heterocycles. The van der Waals surface area contributed by atoms with Crippen molar-refractivity contribution in [3.05, 3.63) is 29.8 Å². The molecule has 1 heteroatoms. The van der Waals surface area contributed by atoms with Gasteiger partial charge in [0.25, 0.3) is 0 Å². The lowest BCUT2D eigenvalue weighted by atomic mass is 9.87. The predicted molar refractivity (Wildman–Crippen MR) is 58.6 cm³/mol. The molecule has 0 saturated carbocycles. The standard InChI is InChI=1S/C13H18O/c1-3-10-9-11-7-5-6-8-13(11)14-12(10)4-2/h5-8,10,12H,3-4,9H2,1-2H3/t10-,12+/m0/s1. The molecule has 0 N–H and O–H groups in total. The highest BCUT2D eigenvalue weighted by Crippen LogP contribution is 2.33. The van der Waals surface area contributed by atoms with Crippen molar-refractivity contribution in [1.29, 1.82) is 0 Å². The van der Waals surface area contributed by atoms with Crippen LogP contribution in [0.25, 0.3) is 0 Å². The van der Waals surface area contributed by atoms with Gasteiger partial charge in [-0.2, -0.15) is 0 Å². The summed E-state index contributed by atoms with van der Waals surface area (Å²) in [6.07, 6.45) is 3.94. The van der Waals surface area contributed by atoms with Crippen molar-refractivity contribution < 1.29 is 4.74 Å². The van der Waals surface area contributed by atoms with Crippen molar-refractivity contribution in [2.24, 2.45) is 5.92 Å². The molecule has 0 amide bonds. The van der Waals surface area contributed by atoms with Crippen molar-refractivity contribution in [2.45, 2.75) is 39.2 Å². The van der Waals surface area contributed by atoms with Crippen molar-refractivity contribution in [3.8, 4) is 5.75 Å². The SMILES string of the molecule is CC[C@H]1Cc2ccccc2O[C@@H]1CC. The normalized spacial score (nSPS) is 25.3. The van der Waals surface area contributed by atoms with Crippen LogP contribution in [0.5, 0.6) is 5.75 Å². The smallest absolute Gasteiger partial charge is 0.122 e. The number of benzene rings is 1. The van der Waals surface area contributed by atoms with Crippen LogP contribution in [0.3, 0.4) is 0 Å². The van der Waals surface area contributed by atoms with Crippen LogP contribution in [0.2, 0.25) is 0 Å². The molecule has 2 atom stereocenters. The van der Waals surface area contributed by atoms with Crippen molar-refractivity contribution in [1.82, 2.24) is 0 Å². The zero-order valence-electron chi connectivity index (χ0n) is 8.99. The minimum Gasteiger partial charge on any atom is -0.490 e. The summed E-state index contributed by atoms with van der Waals surface area (Å²) in [6.45, 7) is 4.46. The molecule has 0 aliphatic carbocycles. The van der Waals surface area contributed by atoms with Gasteiger partial charge in [-0.1, -0.05) is 32.0 Å². The molecule has 0 spiro atoms. The van der Waals surface area contributed by atoms with Crippen LogP contribution in [0.4, 0.5) is 0 Å². The fraction of sp³-hybridized carbons (Fsp3) is 0.538. The Morgan fingerprint density at radius 1 is 1.21 bits per heavy atom. The summed E-state index contributed by atoms with van der Waals surface area (Å²) in [5.74, 6) is 1.80. The summed E-state index contributed by atoms with van der Waals surface area (Å²) in [7, 11) is 0. The quantitative estimate of drug-likeness (QED) is 0.694. The molecule has 0 fully saturated rings. The third-order valence-electron chi connectivity index (χ3n) is 3.19. The second kappa shape index (κ2) is 4.04. The minimum absolute atomic E-state index is 0.426. The maximum atomic E-state index is 5.98. The first-order chi connectivity index (χ1) is 6.85. The topological polar surface area (TPSA) is 9.23 Å². The number of fused-ring (bicyclic) bond motifs is 1. The van der Waals surface area contributed by atoms with Gasteiger partial charge in [0.05, 0.1) is 0 Å². The molecule has 1 aromatic rings. The maximum absolute atomic E-state index is 5.98. The predicted octanol–water partition coefficient (Wildman–Crippen LogP) is 3.43. The largest absolute Gasteiger partial charge is 0.490 e. The van der Waals surface area contributed by atoms with Crippen LogP contribution >= 0.6 is 0 Å². The van der Waals surface area contributed by atoms with Crippen LogP contribution in [0, 0.1) is 5.92 Å². The molecule has 0 radical (unpaired) electrons. The Bertz CT molecular complexity index is 275. The van der Waals surface area contributed by atoms with Gasteiger partial charge in [-0.3, -0.25) is 0 Å². The van der Waals surface area contributed by atoms with Gasteiger partial charge in [0.2, 0.25) is 0 Å². The fourth-order valence-electron chi connectivity index (χ4n) is 2.28. The summed E-state index contributed by atoms with van der Waals surface area (Å²) < 4.78 is 5.98. The minimum atomic E-state index is 0.426. The molecule has 1 heterocycles. The van der Waals surface area contributed by atoms with Gasteiger partial charge >= 0.3 is 0 Å². The van der Waals surface area contributed by atoms with Crippen LogP contribution in [-0.4, -0.2) is 6.10 Å². The monoisotopic (exact) mass is 190 g/mol. The van der Waals surface area contributed by atoms with Crippen LogP contribution < -0.4 is 4.74 Å². The van der Waals surface area contributed by atoms with Crippen molar-refractivity contribution in [3.63, 3.8) is 0 Å². The highest BCUT2D eigenvalue weighted by molar-refractivity contribution is 5.35. The van der Waals surface area contributed by atoms with E-state index in [9.17, 15) is 0 Å². The van der Waals surface area contributed by atoms with Gasteiger partial charge in [-0.25, -0.2) is 0 Å². The summed E-state index contributed by atoms with van der Waals surface area (Å²) in [5.41, 5.74) is 1.38. The number of ether oxygens (including phenoxy) is 1. The number of para-hydroxylation sites is 1. The molecule has 1 nitrogen and oxygen atoms in total. The first kappa shape index (κ1) is 9.57. The van der Waals surface area contributed by atoms with E-state index in [-0.39, 0.29) is 0 Å². The van der Waals surface area contributed by atoms with E-state index in [1.54, 1.807) is 0 Å². The third-order valence-corrected chi connectivity index (χ3v) is 3.19. The van der Waals surface area contributed by atoms with Gasteiger partial charge in [0.1, 0.15) is 11.9 Å². The summed E-state index contributed by atoms with van der Waals surface area (Å²) >= 11 is 0. The average Bonchev–Trinajstić information content (AvgIpc) is 2.27. The van der Waals surface area contributed by atoms with Crippen molar-refractivity contribution >= 4 is 0 Å². The molecule has 1 aliphatic rings. The number of hydrogen-bond acceptors (Lipinski definition) is 1. The Labute approximate surface area is 86.1 Å². The Morgan fingerprint density at radius 3 is 2.71 bits per heavy atom. The molecule has 0 aromatic heterocycles. The van der Waals surface area contributed by atoms with E-state index >= 15 is 0 Å². The Balaban J connectivity index is 2.25. The maximum Gasteiger partial charge on any atom is 0.122 e. The summed E-state index contributed by atoms with van der Waals surface area (Å²) in [5, 5.41) is 0. The van der Waals surface area contributed by atoms with Gasteiger partial charge in [-0.05, 0) is 36.8 Å². The van der Waals surface area contributed by atoms with E-state index in [1.807, 2.05) is 0 Å². The molecule has 14 heavy (non-hydrogen) atoms. The zero-order chi connectivity index (χ0) is 9.97. The third kappa shape index (κ3) is 1.63. The second-order valence-corrected chi connectivity index (χ2v) is 4.04. The van der Waals surface area contributed by atoms with E-state index in [0.29, 0.717) is 12.0 Å².